The predicted octanol–water partition coefficient (Wildman–Crippen LogP) is 4.63. The van der Waals surface area contributed by atoms with Crippen molar-refractivity contribution >= 4 is 27.3 Å². The monoisotopic (exact) mass is 408 g/mol. The van der Waals surface area contributed by atoms with Crippen LogP contribution in [-0.2, 0) is 16.4 Å². The molecule has 0 atom stereocenters. The molecule has 0 bridgehead atoms. The van der Waals surface area contributed by atoms with Gasteiger partial charge in [0.25, 0.3) is 15.9 Å². The van der Waals surface area contributed by atoms with E-state index >= 15 is 0 Å². The minimum absolute atomic E-state index is 0.0667. The van der Waals surface area contributed by atoms with Crippen molar-refractivity contribution in [2.75, 3.05) is 16.7 Å². The first-order chi connectivity index (χ1) is 13.8. The van der Waals surface area contributed by atoms with E-state index in [4.69, 9.17) is 0 Å². The molecule has 29 heavy (non-hydrogen) atoms. The smallest absolute Gasteiger partial charge is 0.264 e. The van der Waals surface area contributed by atoms with Crippen LogP contribution in [-0.4, -0.2) is 21.4 Å². The highest BCUT2D eigenvalue weighted by molar-refractivity contribution is 7.92. The molecule has 0 saturated carbocycles. The van der Waals surface area contributed by atoms with Crippen LogP contribution in [0.1, 0.15) is 28.4 Å². The van der Waals surface area contributed by atoms with Crippen molar-refractivity contribution in [1.29, 1.82) is 0 Å². The van der Waals surface area contributed by atoms with Crippen LogP contribution in [0.5, 0.6) is 0 Å². The van der Waals surface area contributed by atoms with Crippen molar-refractivity contribution in [2.24, 2.45) is 0 Å². The van der Waals surface area contributed by atoms with Crippen molar-refractivity contribution in [1.82, 2.24) is 0 Å². The van der Waals surface area contributed by atoms with Gasteiger partial charge in [0, 0.05) is 18.3 Å². The molecule has 6 heteroatoms. The van der Waals surface area contributed by atoms with Crippen LogP contribution in [0.2, 0.25) is 0 Å². The fourth-order valence-electron chi connectivity index (χ4n) is 2.99. The molecule has 5 nitrogen and oxygen atoms in total. The molecule has 0 fully saturated rings. The molecule has 1 N–H and O–H groups in total. The van der Waals surface area contributed by atoms with Gasteiger partial charge in [-0.25, -0.2) is 8.42 Å². The number of hydrogen-bond acceptors (Lipinski definition) is 3. The van der Waals surface area contributed by atoms with Crippen molar-refractivity contribution in [2.45, 2.75) is 25.2 Å². The lowest BCUT2D eigenvalue weighted by Gasteiger charge is -2.20. The van der Waals surface area contributed by atoms with Crippen LogP contribution < -0.4 is 9.62 Å². The van der Waals surface area contributed by atoms with Crippen molar-refractivity contribution in [3.05, 3.63) is 89.5 Å². The number of para-hydroxylation sites is 1. The number of aryl methyl sites for hydroxylation is 2. The molecule has 3 aromatic rings. The second kappa shape index (κ2) is 8.49. The van der Waals surface area contributed by atoms with Gasteiger partial charge in [0.15, 0.2) is 0 Å². The Morgan fingerprint density at radius 2 is 1.66 bits per heavy atom. The second-order valence-electron chi connectivity index (χ2n) is 6.80. The van der Waals surface area contributed by atoms with Gasteiger partial charge in [0.2, 0.25) is 0 Å². The summed E-state index contributed by atoms with van der Waals surface area (Å²) >= 11 is 0. The zero-order valence-corrected chi connectivity index (χ0v) is 17.5. The largest absolute Gasteiger partial charge is 0.322 e. The lowest BCUT2D eigenvalue weighted by atomic mass is 10.1. The van der Waals surface area contributed by atoms with Gasteiger partial charge in [0.05, 0.1) is 10.6 Å². The molecule has 0 aromatic heterocycles. The quantitative estimate of drug-likeness (QED) is 0.646. The molecule has 0 unspecified atom stereocenters. The van der Waals surface area contributed by atoms with E-state index in [2.05, 4.69) is 5.32 Å². The molecule has 0 saturated heterocycles. The Hall–Kier alpha value is -3.12. The van der Waals surface area contributed by atoms with Crippen molar-refractivity contribution in [3.8, 4) is 0 Å². The summed E-state index contributed by atoms with van der Waals surface area (Å²) in [5.74, 6) is -0.346. The summed E-state index contributed by atoms with van der Waals surface area (Å²) < 4.78 is 27.3. The summed E-state index contributed by atoms with van der Waals surface area (Å²) in [7, 11) is -2.29. The Balaban J connectivity index is 1.88. The summed E-state index contributed by atoms with van der Waals surface area (Å²) in [5, 5.41) is 2.88. The number of benzene rings is 3. The maximum atomic E-state index is 13.0. The van der Waals surface area contributed by atoms with Gasteiger partial charge in [-0.05, 0) is 55.3 Å². The summed E-state index contributed by atoms with van der Waals surface area (Å²) in [6, 6.07) is 20.9. The summed E-state index contributed by atoms with van der Waals surface area (Å²) in [5.41, 5.74) is 3.64. The molecule has 0 spiro atoms. The van der Waals surface area contributed by atoms with E-state index in [1.165, 1.54) is 23.5 Å². The fraction of sp³-hybridized carbons (Fsp3) is 0.174. The van der Waals surface area contributed by atoms with Gasteiger partial charge in [-0.2, -0.15) is 0 Å². The highest BCUT2D eigenvalue weighted by Crippen LogP contribution is 2.24. The summed E-state index contributed by atoms with van der Waals surface area (Å²) in [6.45, 7) is 3.95. The van der Waals surface area contributed by atoms with Crippen molar-refractivity contribution in [3.63, 3.8) is 0 Å². The van der Waals surface area contributed by atoms with Crippen molar-refractivity contribution < 1.29 is 13.2 Å². The van der Waals surface area contributed by atoms with Gasteiger partial charge in [-0.3, -0.25) is 9.10 Å². The summed E-state index contributed by atoms with van der Waals surface area (Å²) in [6.07, 6.45) is 0.784. The van der Waals surface area contributed by atoms with Crippen LogP contribution in [0.15, 0.2) is 77.7 Å². The average molecular weight is 409 g/mol. The van der Waals surface area contributed by atoms with E-state index in [0.29, 0.717) is 5.69 Å². The predicted molar refractivity (Wildman–Crippen MR) is 117 cm³/mol. The molecule has 1 amide bonds. The molecule has 0 heterocycles. The molecule has 0 aliphatic carbocycles. The highest BCUT2D eigenvalue weighted by atomic mass is 32.2. The molecule has 3 rings (SSSR count). The zero-order chi connectivity index (χ0) is 21.0. The second-order valence-corrected chi connectivity index (χ2v) is 8.77. The standard InChI is InChI=1S/C23H24N2O3S/c1-4-18-8-5-6-11-22(18)24-23(26)19-9-7-10-21(16-19)29(27,28)25(3)20-14-12-17(2)13-15-20/h5-16H,4H2,1-3H3,(H,24,26). The average Bonchev–Trinajstić information content (AvgIpc) is 2.74. The molecular weight excluding hydrogens is 384 g/mol. The highest BCUT2D eigenvalue weighted by Gasteiger charge is 2.22. The minimum atomic E-state index is -3.79. The number of carbonyl (C=O) groups excluding carboxylic acids is 1. The van der Waals surface area contributed by atoms with E-state index in [1.807, 2.05) is 50.2 Å². The number of anilines is 2. The number of nitrogens with one attached hydrogen (secondary N) is 1. The third-order valence-electron chi connectivity index (χ3n) is 4.80. The van der Waals surface area contributed by atoms with E-state index < -0.39 is 10.0 Å². The SMILES string of the molecule is CCc1ccccc1NC(=O)c1cccc(S(=O)(=O)N(C)c2ccc(C)cc2)c1. The molecular formula is C23H24N2O3S. The van der Waals surface area contributed by atoms with Crippen LogP contribution in [0.4, 0.5) is 11.4 Å². The molecule has 3 aromatic carbocycles. The Morgan fingerprint density at radius 1 is 0.966 bits per heavy atom. The number of rotatable bonds is 6. The zero-order valence-electron chi connectivity index (χ0n) is 16.7. The van der Waals surface area contributed by atoms with E-state index in [0.717, 1.165) is 23.2 Å². The Kier molecular flexibility index (Phi) is 6.03. The first-order valence-electron chi connectivity index (χ1n) is 9.38. The molecule has 0 radical (unpaired) electrons. The molecule has 0 aliphatic heterocycles. The maximum Gasteiger partial charge on any atom is 0.264 e. The number of amides is 1. The molecule has 0 aliphatic rings. The van der Waals surface area contributed by atoms with E-state index in [9.17, 15) is 13.2 Å². The first kappa shape index (κ1) is 20.6. The van der Waals surface area contributed by atoms with Crippen LogP contribution in [0.3, 0.4) is 0 Å². The van der Waals surface area contributed by atoms with Crippen LogP contribution in [0, 0.1) is 6.92 Å². The number of hydrogen-bond donors (Lipinski definition) is 1. The number of carbonyl (C=O) groups is 1. The topological polar surface area (TPSA) is 66.5 Å². The van der Waals surface area contributed by atoms with Crippen LogP contribution >= 0.6 is 0 Å². The van der Waals surface area contributed by atoms with Gasteiger partial charge in [-0.1, -0.05) is 48.9 Å². The fourth-order valence-corrected chi connectivity index (χ4v) is 4.24. The van der Waals surface area contributed by atoms with Gasteiger partial charge in [0.1, 0.15) is 0 Å². The normalized spacial score (nSPS) is 11.1. The Labute approximate surface area is 172 Å². The lowest BCUT2D eigenvalue weighted by molar-refractivity contribution is 0.102. The number of nitrogens with zero attached hydrogens (tertiary/aromatic N) is 1. The summed E-state index contributed by atoms with van der Waals surface area (Å²) in [4.78, 5) is 12.8. The Morgan fingerprint density at radius 3 is 2.34 bits per heavy atom. The first-order valence-corrected chi connectivity index (χ1v) is 10.8. The third kappa shape index (κ3) is 4.49. The maximum absolute atomic E-state index is 13.0. The van der Waals surface area contributed by atoms with Gasteiger partial charge in [-0.15, -0.1) is 0 Å². The Bertz CT molecular complexity index is 1120. The van der Waals surface area contributed by atoms with Gasteiger partial charge < -0.3 is 5.32 Å². The number of sulfonamides is 1. The lowest BCUT2D eigenvalue weighted by Crippen LogP contribution is -2.26. The minimum Gasteiger partial charge on any atom is -0.322 e. The third-order valence-corrected chi connectivity index (χ3v) is 6.58. The van der Waals surface area contributed by atoms with E-state index in [-0.39, 0.29) is 16.4 Å². The molecule has 150 valence electrons. The van der Waals surface area contributed by atoms with Crippen LogP contribution in [0.25, 0.3) is 0 Å². The van der Waals surface area contributed by atoms with Gasteiger partial charge >= 0.3 is 0 Å². The van der Waals surface area contributed by atoms with E-state index in [1.54, 1.807) is 24.3 Å².